The van der Waals surface area contributed by atoms with Crippen molar-refractivity contribution in [1.82, 2.24) is 0 Å². The number of benzene rings is 2. The number of nitrogens with zero attached hydrogens (tertiary/aromatic N) is 1. The summed E-state index contributed by atoms with van der Waals surface area (Å²) in [7, 11) is -0.194. The lowest BCUT2D eigenvalue weighted by atomic mass is 10.1. The smallest absolute Gasteiger partial charge is 0.265 e. The summed E-state index contributed by atoms with van der Waals surface area (Å²) in [5, 5.41) is 0.193. The molecule has 1 aliphatic rings. The van der Waals surface area contributed by atoms with Crippen LogP contribution in [0.1, 0.15) is 36.7 Å². The standard InChI is InChI=1S/C24H32BrNO5Si/c1-24(2,3)32(5,6)31-14-13-17-7-9-18(10-8-17)26(15-28-4)23(27)21-19(25)11-12-20-22(21)30-16-29-20/h7-12H,13-16H2,1-6H3. The number of hydrogen-bond acceptors (Lipinski definition) is 5. The lowest BCUT2D eigenvalue weighted by Crippen LogP contribution is -2.41. The fourth-order valence-corrected chi connectivity index (χ4v) is 4.67. The van der Waals surface area contributed by atoms with Crippen LogP contribution in [-0.2, 0) is 15.6 Å². The molecule has 0 N–H and O–H groups in total. The molecule has 0 atom stereocenters. The summed E-state index contributed by atoms with van der Waals surface area (Å²) in [6.45, 7) is 12.2. The Kier molecular flexibility index (Phi) is 7.70. The highest BCUT2D eigenvalue weighted by atomic mass is 79.9. The number of anilines is 1. The molecule has 0 aromatic heterocycles. The van der Waals surface area contributed by atoms with E-state index in [0.717, 1.165) is 17.7 Å². The number of ether oxygens (including phenoxy) is 3. The van der Waals surface area contributed by atoms with E-state index in [1.54, 1.807) is 24.1 Å². The van der Waals surface area contributed by atoms with E-state index in [-0.39, 0.29) is 24.5 Å². The highest BCUT2D eigenvalue weighted by Gasteiger charge is 2.36. The maximum absolute atomic E-state index is 13.4. The van der Waals surface area contributed by atoms with E-state index in [9.17, 15) is 4.79 Å². The first-order valence-corrected chi connectivity index (χ1v) is 14.4. The largest absolute Gasteiger partial charge is 0.454 e. The zero-order valence-corrected chi connectivity index (χ0v) is 22.2. The van der Waals surface area contributed by atoms with E-state index in [0.29, 0.717) is 28.1 Å². The van der Waals surface area contributed by atoms with Crippen LogP contribution >= 0.6 is 15.9 Å². The summed E-state index contributed by atoms with van der Waals surface area (Å²) >= 11 is 3.48. The second-order valence-corrected chi connectivity index (χ2v) is 15.0. The van der Waals surface area contributed by atoms with Gasteiger partial charge in [0.15, 0.2) is 19.8 Å². The van der Waals surface area contributed by atoms with Crippen molar-refractivity contribution in [1.29, 1.82) is 0 Å². The normalized spacial score (nSPS) is 13.3. The molecule has 0 fully saturated rings. The van der Waals surface area contributed by atoms with Crippen LogP contribution in [0, 0.1) is 0 Å². The summed E-state index contributed by atoms with van der Waals surface area (Å²) < 4.78 is 23.3. The van der Waals surface area contributed by atoms with Crippen LogP contribution in [-0.4, -0.2) is 41.5 Å². The van der Waals surface area contributed by atoms with Gasteiger partial charge >= 0.3 is 0 Å². The third-order valence-electron chi connectivity index (χ3n) is 6.11. The molecule has 1 heterocycles. The molecule has 2 aromatic rings. The van der Waals surface area contributed by atoms with Gasteiger partial charge in [0, 0.05) is 23.9 Å². The Balaban J connectivity index is 1.74. The molecule has 0 radical (unpaired) electrons. The molecular weight excluding hydrogens is 490 g/mol. The molecule has 0 saturated carbocycles. The summed E-state index contributed by atoms with van der Waals surface area (Å²) in [4.78, 5) is 15.0. The molecule has 8 heteroatoms. The van der Waals surface area contributed by atoms with E-state index in [2.05, 4.69) is 49.8 Å². The van der Waals surface area contributed by atoms with Gasteiger partial charge in [-0.15, -0.1) is 0 Å². The Morgan fingerprint density at radius 2 is 1.81 bits per heavy atom. The lowest BCUT2D eigenvalue weighted by Gasteiger charge is -2.36. The van der Waals surface area contributed by atoms with Gasteiger partial charge in [-0.2, -0.15) is 0 Å². The van der Waals surface area contributed by atoms with Crippen LogP contribution in [0.3, 0.4) is 0 Å². The Hall–Kier alpha value is -1.87. The molecule has 0 spiro atoms. The van der Waals surface area contributed by atoms with Crippen LogP contribution in [0.4, 0.5) is 5.69 Å². The first-order chi connectivity index (χ1) is 15.0. The van der Waals surface area contributed by atoms with Gasteiger partial charge in [-0.3, -0.25) is 9.69 Å². The Labute approximate surface area is 200 Å². The molecule has 0 bridgehead atoms. The fourth-order valence-electron chi connectivity index (χ4n) is 3.15. The van der Waals surface area contributed by atoms with E-state index < -0.39 is 8.32 Å². The first-order valence-electron chi connectivity index (χ1n) is 10.7. The highest BCUT2D eigenvalue weighted by molar-refractivity contribution is 9.10. The predicted molar refractivity (Wildman–Crippen MR) is 132 cm³/mol. The van der Waals surface area contributed by atoms with Crippen molar-refractivity contribution in [3.05, 3.63) is 52.0 Å². The zero-order chi connectivity index (χ0) is 23.5. The van der Waals surface area contributed by atoms with E-state index in [1.807, 2.05) is 24.3 Å². The number of rotatable bonds is 8. The Morgan fingerprint density at radius 3 is 2.44 bits per heavy atom. The molecule has 0 aliphatic carbocycles. The van der Waals surface area contributed by atoms with Crippen molar-refractivity contribution < 1.29 is 23.4 Å². The molecule has 32 heavy (non-hydrogen) atoms. The van der Waals surface area contributed by atoms with Crippen molar-refractivity contribution in [3.8, 4) is 11.5 Å². The highest BCUT2D eigenvalue weighted by Crippen LogP contribution is 2.41. The number of methoxy groups -OCH3 is 1. The lowest BCUT2D eigenvalue weighted by molar-refractivity contribution is 0.0931. The van der Waals surface area contributed by atoms with Gasteiger partial charge in [-0.25, -0.2) is 0 Å². The van der Waals surface area contributed by atoms with Gasteiger partial charge in [0.2, 0.25) is 6.79 Å². The third-order valence-corrected chi connectivity index (χ3v) is 11.3. The molecule has 174 valence electrons. The summed E-state index contributed by atoms with van der Waals surface area (Å²) in [6, 6.07) is 11.5. The van der Waals surface area contributed by atoms with E-state index in [1.165, 1.54) is 0 Å². The van der Waals surface area contributed by atoms with Crippen LogP contribution in [0.5, 0.6) is 11.5 Å². The van der Waals surface area contributed by atoms with Gasteiger partial charge < -0.3 is 18.6 Å². The second kappa shape index (κ2) is 9.95. The minimum atomic E-state index is -1.76. The minimum absolute atomic E-state index is 0.0992. The number of carbonyl (C=O) groups is 1. The van der Waals surface area contributed by atoms with Crippen LogP contribution in [0.15, 0.2) is 40.9 Å². The molecule has 2 aromatic carbocycles. The fraction of sp³-hybridized carbons (Fsp3) is 0.458. The number of hydrogen-bond donors (Lipinski definition) is 0. The quantitative estimate of drug-likeness (QED) is 0.315. The monoisotopic (exact) mass is 521 g/mol. The average molecular weight is 523 g/mol. The molecular formula is C24H32BrNO5Si. The van der Waals surface area contributed by atoms with Crippen molar-refractivity contribution in [2.45, 2.75) is 45.3 Å². The molecule has 3 rings (SSSR count). The second-order valence-electron chi connectivity index (χ2n) is 9.33. The SMILES string of the molecule is COCN(C(=O)c1c(Br)ccc2c1OCO2)c1ccc(CCO[Si](C)(C)C(C)(C)C)cc1. The van der Waals surface area contributed by atoms with E-state index >= 15 is 0 Å². The zero-order valence-electron chi connectivity index (χ0n) is 19.7. The number of halogens is 1. The Bertz CT molecular complexity index is 956. The maximum Gasteiger partial charge on any atom is 0.265 e. The van der Waals surface area contributed by atoms with Crippen LogP contribution < -0.4 is 14.4 Å². The molecule has 1 aliphatic heterocycles. The van der Waals surface area contributed by atoms with Gasteiger partial charge in [-0.05, 0) is 70.3 Å². The third kappa shape index (κ3) is 5.36. The maximum atomic E-state index is 13.4. The van der Waals surface area contributed by atoms with Gasteiger partial charge in [0.1, 0.15) is 12.3 Å². The summed E-state index contributed by atoms with van der Waals surface area (Å²) in [6.07, 6.45) is 0.827. The van der Waals surface area contributed by atoms with Crippen LogP contribution in [0.25, 0.3) is 0 Å². The first kappa shape index (κ1) is 24.8. The molecule has 0 unspecified atom stereocenters. The van der Waals surface area contributed by atoms with Crippen molar-refractivity contribution >= 4 is 35.8 Å². The number of amides is 1. The molecule has 0 saturated heterocycles. The van der Waals surface area contributed by atoms with Crippen LogP contribution in [0.2, 0.25) is 18.1 Å². The summed E-state index contributed by atoms with van der Waals surface area (Å²) in [5.74, 6) is 0.783. The van der Waals surface area contributed by atoms with Gasteiger partial charge in [0.05, 0.1) is 0 Å². The number of fused-ring (bicyclic) bond motifs is 1. The average Bonchev–Trinajstić information content (AvgIpc) is 3.20. The van der Waals surface area contributed by atoms with E-state index in [4.69, 9.17) is 18.6 Å². The number of carbonyl (C=O) groups excluding carboxylic acids is 1. The predicted octanol–water partition coefficient (Wildman–Crippen LogP) is 5.99. The van der Waals surface area contributed by atoms with Crippen molar-refractivity contribution in [2.24, 2.45) is 0 Å². The Morgan fingerprint density at radius 1 is 1.12 bits per heavy atom. The minimum Gasteiger partial charge on any atom is -0.454 e. The summed E-state index contributed by atoms with van der Waals surface area (Å²) in [5.41, 5.74) is 2.33. The van der Waals surface area contributed by atoms with Gasteiger partial charge in [0.25, 0.3) is 5.91 Å². The van der Waals surface area contributed by atoms with Crippen molar-refractivity contribution in [3.63, 3.8) is 0 Å². The molecule has 1 amide bonds. The van der Waals surface area contributed by atoms with Gasteiger partial charge in [-0.1, -0.05) is 32.9 Å². The topological polar surface area (TPSA) is 57.2 Å². The van der Waals surface area contributed by atoms with Crippen molar-refractivity contribution in [2.75, 3.05) is 32.1 Å². The molecule has 6 nitrogen and oxygen atoms in total.